The number of aliphatic carboxylic acids is 1. The number of rotatable bonds is 46. The Morgan fingerprint density at radius 2 is 1.57 bits per heavy atom. The highest BCUT2D eigenvalue weighted by atomic mass is 32.2. The van der Waals surface area contributed by atoms with Crippen LogP contribution in [0, 0.1) is 5.92 Å². The molecule has 1 saturated heterocycles. The number of ether oxygens (including phenoxy) is 6. The van der Waals surface area contributed by atoms with Gasteiger partial charge in [-0.1, -0.05) is 42.8 Å². The van der Waals surface area contributed by atoms with Gasteiger partial charge in [-0.25, -0.2) is 20.0 Å². The summed E-state index contributed by atoms with van der Waals surface area (Å²) in [4.78, 5) is 91.9. The Morgan fingerprint density at radius 1 is 0.850 bits per heavy atom. The maximum absolute atomic E-state index is 14.1. The predicted octanol–water partition coefficient (Wildman–Crippen LogP) is 6.49. The first kappa shape index (κ1) is 80.5. The molecule has 2 aliphatic heterocycles. The minimum atomic E-state index is -1.27. The van der Waals surface area contributed by atoms with Gasteiger partial charge in [0, 0.05) is 87.8 Å². The van der Waals surface area contributed by atoms with Gasteiger partial charge in [-0.3, -0.25) is 38.8 Å². The number of nitrogens with one attached hydrogen (secondary N) is 2. The molecule has 7 rings (SSSR count). The molecule has 28 nitrogen and oxygen atoms in total. The van der Waals surface area contributed by atoms with Crippen molar-refractivity contribution in [2.75, 3.05) is 97.4 Å². The number of Topliss-reactive ketones (excluding diaryl/α,β-unsaturated/α-hetero) is 1. The molecule has 7 unspecified atom stereocenters. The molecular formula is C70H101N11O17S2. The largest absolute Gasteiger partial charge is 0.480 e. The van der Waals surface area contributed by atoms with E-state index < -0.39 is 42.7 Å². The van der Waals surface area contributed by atoms with Gasteiger partial charge in [-0.2, -0.15) is 22.0 Å². The summed E-state index contributed by atoms with van der Waals surface area (Å²) in [6, 6.07) is 13.5. The molecule has 3 aliphatic rings. The van der Waals surface area contributed by atoms with Crippen molar-refractivity contribution >= 4 is 88.0 Å². The van der Waals surface area contributed by atoms with Crippen LogP contribution in [0.1, 0.15) is 162 Å². The van der Waals surface area contributed by atoms with Crippen LogP contribution in [0.3, 0.4) is 0 Å². The summed E-state index contributed by atoms with van der Waals surface area (Å²) in [6.45, 7) is 7.72. The summed E-state index contributed by atoms with van der Waals surface area (Å²) in [6.07, 6.45) is 10.4. The van der Waals surface area contributed by atoms with Gasteiger partial charge in [-0.05, 0) is 143 Å². The highest BCUT2D eigenvalue weighted by Gasteiger charge is 2.44. The first-order valence-corrected chi connectivity index (χ1v) is 36.9. The number of imidazole rings is 1. The van der Waals surface area contributed by atoms with Gasteiger partial charge in [-0.15, -0.1) is 0 Å². The van der Waals surface area contributed by atoms with Crippen molar-refractivity contribution < 1.29 is 81.8 Å². The minimum absolute atomic E-state index is 0.0117. The lowest BCUT2D eigenvalue weighted by Crippen LogP contribution is -2.40. The van der Waals surface area contributed by atoms with Gasteiger partial charge in [0.2, 0.25) is 11.8 Å². The number of aryl methyl sites for hydroxylation is 1. The van der Waals surface area contributed by atoms with Gasteiger partial charge in [0.1, 0.15) is 42.0 Å². The number of carbonyl (C=O) groups is 6. The molecule has 1 saturated carbocycles. The van der Waals surface area contributed by atoms with E-state index in [4.69, 9.17) is 48.5 Å². The second-order valence-electron chi connectivity index (χ2n) is 24.9. The highest BCUT2D eigenvalue weighted by Crippen LogP contribution is 2.37. The molecule has 30 heteroatoms. The third-order valence-electron chi connectivity index (χ3n) is 17.4. The number of thioether (sulfide) groups is 1. The number of carboxylic acids is 1. The van der Waals surface area contributed by atoms with E-state index in [0.717, 1.165) is 48.2 Å². The SMILES string of the molecule is CSOCCCC(=O)CCOCCOCCOCCOCCCC(=O)OC1CCCC2C(C)=NNC(c3ccc(CN(CC(=O)NCCCCCc4ncnc5c4ncn5C4OC(CSCC[C@H](N)C(=O)O)C(O)C4O)C(=O)CC/C=N/N(C)C(=O)c4ccc(C(C)O)cc4)cc3)=C2CC1. The Balaban J connectivity index is 0.864. The number of hydrazone groups is 2. The monoisotopic (exact) mass is 1430 g/mol. The van der Waals surface area contributed by atoms with Crippen molar-refractivity contribution in [3.05, 3.63) is 94.7 Å². The number of benzene rings is 2. The summed E-state index contributed by atoms with van der Waals surface area (Å²) >= 11 is 2.67. The number of hydrogen-bond acceptors (Lipinski definition) is 25. The molecular weight excluding hydrogens is 1330 g/mol. The second-order valence-corrected chi connectivity index (χ2v) is 26.6. The van der Waals surface area contributed by atoms with Gasteiger partial charge in [0.05, 0.1) is 89.3 Å². The number of hydrogen-bond donors (Lipinski definition) is 7. The maximum atomic E-state index is 14.1. The molecule has 0 radical (unpaired) electrons. The molecule has 8 N–H and O–H groups in total. The molecule has 2 aromatic carbocycles. The summed E-state index contributed by atoms with van der Waals surface area (Å²) in [5, 5.41) is 54.0. The number of aliphatic hydroxyl groups excluding tert-OH is 3. The van der Waals surface area contributed by atoms with Crippen LogP contribution in [-0.2, 0) is 69.5 Å². The van der Waals surface area contributed by atoms with Crippen LogP contribution in [0.2, 0.25) is 0 Å². The zero-order valence-electron chi connectivity index (χ0n) is 58.0. The number of ketones is 1. The lowest BCUT2D eigenvalue weighted by molar-refractivity contribution is -0.150. The molecule has 4 aromatic rings. The van der Waals surface area contributed by atoms with Crippen molar-refractivity contribution in [2.45, 2.75) is 172 Å². The Morgan fingerprint density at radius 3 is 2.29 bits per heavy atom. The third-order valence-corrected chi connectivity index (χ3v) is 18.9. The third kappa shape index (κ3) is 26.5. The Kier molecular flexibility index (Phi) is 35.3. The summed E-state index contributed by atoms with van der Waals surface area (Å²) in [5.41, 5.74) is 16.4. The highest BCUT2D eigenvalue weighted by molar-refractivity contribution is 7.99. The van der Waals surface area contributed by atoms with Crippen LogP contribution >= 0.6 is 23.8 Å². The van der Waals surface area contributed by atoms with Crippen LogP contribution in [-0.4, -0.2) is 225 Å². The fourth-order valence-electron chi connectivity index (χ4n) is 11.7. The van der Waals surface area contributed by atoms with Crippen LogP contribution in [0.4, 0.5) is 0 Å². The fraction of sp³-hybridized carbons (Fsp3) is 0.614. The van der Waals surface area contributed by atoms with Gasteiger partial charge in [0.25, 0.3) is 5.91 Å². The van der Waals surface area contributed by atoms with Crippen LogP contribution in [0.5, 0.6) is 0 Å². The maximum Gasteiger partial charge on any atom is 0.320 e. The Labute approximate surface area is 593 Å². The van der Waals surface area contributed by atoms with Gasteiger partial charge < -0.3 is 69.0 Å². The standard InChI is InChI=1S/C70H101N11O17S2/c1-47-55-14-8-13-54(97-62(86)17-11-32-92-35-37-94-39-40-95-38-36-93-34-28-53(83)12-10-33-96-99-4)26-27-56(55)63(78-77-47)51-20-18-49(19-21-51)42-80(61(85)16-9-31-76-79(3)68(89)52-24-22-50(23-25-52)48(2)82)43-60(84)72-30-7-5-6-15-58-64-67(74-45-73-58)81(46-75-64)69-66(88)65(87)59(98-69)44-100-41-29-57(71)70(90)91/h18-25,31,45-46,48,54-55,57,59,65-66,69,78,82,87-88H,5-17,26-30,32-44,71H2,1-4H3,(H,72,84)(H,90,91)/b76-31+/t48?,54?,55?,57-,59?,65?,66?,69?/m0/s1. The quantitative estimate of drug-likeness (QED) is 0.00816. The van der Waals surface area contributed by atoms with E-state index in [-0.39, 0.29) is 80.3 Å². The molecule has 0 bridgehead atoms. The average Bonchev–Trinajstić information content (AvgIpc) is 1.59. The molecule has 8 atom stereocenters. The van der Waals surface area contributed by atoms with E-state index in [2.05, 4.69) is 30.8 Å². The number of carbonyl (C=O) groups excluding carboxylic acids is 5. The number of allylic oxidation sites excluding steroid dienone is 1. The van der Waals surface area contributed by atoms with Crippen LogP contribution < -0.4 is 16.5 Å². The number of carboxylic acid groups (broad SMARTS) is 1. The predicted molar refractivity (Wildman–Crippen MR) is 379 cm³/mol. The van der Waals surface area contributed by atoms with Crippen molar-refractivity contribution in [1.29, 1.82) is 0 Å². The van der Waals surface area contributed by atoms with Crippen molar-refractivity contribution in [1.82, 2.24) is 40.2 Å². The smallest absolute Gasteiger partial charge is 0.320 e. The van der Waals surface area contributed by atoms with Crippen molar-refractivity contribution in [3.63, 3.8) is 0 Å². The Hall–Kier alpha value is -6.81. The van der Waals surface area contributed by atoms with E-state index in [1.165, 1.54) is 65.2 Å². The van der Waals surface area contributed by atoms with Crippen molar-refractivity contribution in [2.24, 2.45) is 21.9 Å². The number of fused-ring (bicyclic) bond motifs is 2. The number of aromatic nitrogens is 4. The van der Waals surface area contributed by atoms with E-state index >= 15 is 0 Å². The normalized spacial score (nSPS) is 19.1. The van der Waals surface area contributed by atoms with Crippen LogP contribution in [0.15, 0.2) is 77.0 Å². The van der Waals surface area contributed by atoms with E-state index in [0.29, 0.717) is 163 Å². The number of nitrogens with zero attached hydrogens (tertiary/aromatic N) is 8. The summed E-state index contributed by atoms with van der Waals surface area (Å²) < 4.78 is 41.2. The Bertz CT molecular complexity index is 3310. The van der Waals surface area contributed by atoms with Crippen molar-refractivity contribution in [3.8, 4) is 0 Å². The zero-order chi connectivity index (χ0) is 71.6. The molecule has 2 fully saturated rings. The first-order chi connectivity index (χ1) is 48.4. The zero-order valence-corrected chi connectivity index (χ0v) is 59.6. The molecule has 4 heterocycles. The fourth-order valence-corrected chi connectivity index (χ4v) is 13.1. The second kappa shape index (κ2) is 43.9. The lowest BCUT2D eigenvalue weighted by Gasteiger charge is -2.32. The van der Waals surface area contributed by atoms with Crippen LogP contribution in [0.25, 0.3) is 16.9 Å². The molecule has 0 spiro atoms. The summed E-state index contributed by atoms with van der Waals surface area (Å²) in [7, 11) is 1.52. The number of amides is 3. The van der Waals surface area contributed by atoms with E-state index in [1.807, 2.05) is 37.4 Å². The molecule has 1 aliphatic carbocycles. The van der Waals surface area contributed by atoms with Gasteiger partial charge >= 0.3 is 11.9 Å². The minimum Gasteiger partial charge on any atom is -0.480 e. The first-order valence-electron chi connectivity index (χ1n) is 34.6. The average molecular weight is 1430 g/mol. The van der Waals surface area contributed by atoms with Gasteiger partial charge in [0.15, 0.2) is 11.9 Å². The topological polar surface area (TPSA) is 373 Å². The van der Waals surface area contributed by atoms with E-state index in [1.54, 1.807) is 35.8 Å². The molecule has 2 aromatic heterocycles. The molecule has 100 heavy (non-hydrogen) atoms. The molecule has 550 valence electrons. The number of esters is 1. The lowest BCUT2D eigenvalue weighted by atomic mass is 9.80. The molecule has 3 amide bonds. The van der Waals surface area contributed by atoms with E-state index in [9.17, 15) is 44.1 Å². The number of unbranched alkanes of at least 4 members (excludes halogenated alkanes) is 2. The number of aliphatic hydroxyl groups is 3. The number of nitrogens with two attached hydrogens (primary N) is 1. The summed E-state index contributed by atoms with van der Waals surface area (Å²) in [5.74, 6) is -1.29.